The molecule has 0 unspecified atom stereocenters. The Hall–Kier alpha value is -1.50. The van der Waals surface area contributed by atoms with Crippen molar-refractivity contribution >= 4 is 40.9 Å². The molecule has 21 heavy (non-hydrogen) atoms. The van der Waals surface area contributed by atoms with Crippen molar-refractivity contribution in [3.05, 3.63) is 28.2 Å². The summed E-state index contributed by atoms with van der Waals surface area (Å²) in [6.07, 6.45) is 0. The Morgan fingerprint density at radius 1 is 1.19 bits per heavy atom. The molecule has 2 amide bonds. The first-order chi connectivity index (χ1) is 9.79. The van der Waals surface area contributed by atoms with Gasteiger partial charge in [-0.3, -0.25) is 4.79 Å². The van der Waals surface area contributed by atoms with Gasteiger partial charge in [-0.2, -0.15) is 0 Å². The fraction of sp³-hybridized carbons (Fsp3) is 0.385. The molecule has 0 radical (unpaired) electrons. The predicted molar refractivity (Wildman–Crippen MR) is 83.2 cm³/mol. The van der Waals surface area contributed by atoms with Gasteiger partial charge in [-0.05, 0) is 32.3 Å². The van der Waals surface area contributed by atoms with Crippen LogP contribution in [0.1, 0.15) is 0 Å². The van der Waals surface area contributed by atoms with Crippen LogP contribution in [-0.4, -0.2) is 60.6 Å². The first-order valence-electron chi connectivity index (χ1n) is 6.17. The van der Waals surface area contributed by atoms with Crippen LogP contribution in [-0.2, 0) is 4.79 Å². The molecule has 0 aliphatic rings. The molecule has 0 spiro atoms. The number of nitrogens with one attached hydrogen (secondary N) is 1. The molecule has 0 aliphatic heterocycles. The number of hydrogen-bond donors (Lipinski definition) is 2. The third kappa shape index (κ3) is 6.20. The molecular formula is C13H17Cl2N3O3. The van der Waals surface area contributed by atoms with E-state index in [0.717, 1.165) is 0 Å². The fourth-order valence-electron chi connectivity index (χ4n) is 1.51. The second-order valence-electron chi connectivity index (χ2n) is 4.68. The zero-order chi connectivity index (χ0) is 16.0. The van der Waals surface area contributed by atoms with Gasteiger partial charge in [0.1, 0.15) is 6.54 Å². The summed E-state index contributed by atoms with van der Waals surface area (Å²) >= 11 is 11.7. The van der Waals surface area contributed by atoms with Crippen molar-refractivity contribution in [2.75, 3.05) is 39.0 Å². The van der Waals surface area contributed by atoms with Gasteiger partial charge < -0.3 is 20.2 Å². The summed E-state index contributed by atoms with van der Waals surface area (Å²) in [5, 5.41) is 12.2. The Morgan fingerprint density at radius 3 is 2.38 bits per heavy atom. The Labute approximate surface area is 133 Å². The number of carboxylic acids is 1. The number of hydrogen-bond acceptors (Lipinski definition) is 3. The first kappa shape index (κ1) is 17.6. The highest BCUT2D eigenvalue weighted by molar-refractivity contribution is 6.42. The Morgan fingerprint density at radius 2 is 1.86 bits per heavy atom. The van der Waals surface area contributed by atoms with Crippen molar-refractivity contribution < 1.29 is 14.7 Å². The monoisotopic (exact) mass is 333 g/mol. The number of anilines is 1. The molecule has 1 aromatic rings. The highest BCUT2D eigenvalue weighted by Crippen LogP contribution is 2.25. The summed E-state index contributed by atoms with van der Waals surface area (Å²) in [6.45, 7) is 0.482. The first-order valence-corrected chi connectivity index (χ1v) is 6.92. The van der Waals surface area contributed by atoms with E-state index < -0.39 is 12.0 Å². The van der Waals surface area contributed by atoms with E-state index in [2.05, 4.69) is 5.32 Å². The van der Waals surface area contributed by atoms with Crippen LogP contribution >= 0.6 is 23.2 Å². The standard InChI is InChI=1S/C13H17Cl2N3O3/c1-17(2)5-6-18(8-12(19)20)13(21)16-9-3-4-10(14)11(15)7-9/h3-4,7H,5-6,8H2,1-2H3,(H,16,21)(H,19,20). The average molecular weight is 334 g/mol. The number of urea groups is 1. The van der Waals surface area contributed by atoms with E-state index in [1.54, 1.807) is 12.1 Å². The molecule has 0 saturated heterocycles. The zero-order valence-electron chi connectivity index (χ0n) is 11.8. The minimum Gasteiger partial charge on any atom is -0.480 e. The number of halogens is 2. The van der Waals surface area contributed by atoms with Gasteiger partial charge in [0.05, 0.1) is 10.0 Å². The van der Waals surface area contributed by atoms with Crippen molar-refractivity contribution in [2.45, 2.75) is 0 Å². The van der Waals surface area contributed by atoms with Crippen molar-refractivity contribution in [1.82, 2.24) is 9.80 Å². The van der Waals surface area contributed by atoms with Crippen molar-refractivity contribution in [3.63, 3.8) is 0 Å². The van der Waals surface area contributed by atoms with E-state index in [1.807, 2.05) is 19.0 Å². The summed E-state index contributed by atoms with van der Waals surface area (Å²) in [4.78, 5) is 26.0. The second-order valence-corrected chi connectivity index (χ2v) is 5.49. The molecule has 0 atom stereocenters. The second kappa shape index (κ2) is 8.07. The van der Waals surface area contributed by atoms with Gasteiger partial charge in [-0.25, -0.2) is 4.79 Å². The van der Waals surface area contributed by atoms with Gasteiger partial charge in [-0.1, -0.05) is 23.2 Å². The fourth-order valence-corrected chi connectivity index (χ4v) is 1.81. The zero-order valence-corrected chi connectivity index (χ0v) is 13.3. The number of aliphatic carboxylic acids is 1. The minimum absolute atomic E-state index is 0.298. The lowest BCUT2D eigenvalue weighted by atomic mass is 10.3. The lowest BCUT2D eigenvalue weighted by molar-refractivity contribution is -0.137. The van der Waals surface area contributed by atoms with Crippen LogP contribution in [0.2, 0.25) is 10.0 Å². The summed E-state index contributed by atoms with van der Waals surface area (Å²) in [5.41, 5.74) is 0.453. The van der Waals surface area contributed by atoms with Gasteiger partial charge in [0.25, 0.3) is 0 Å². The Balaban J connectivity index is 2.74. The van der Waals surface area contributed by atoms with E-state index in [-0.39, 0.29) is 6.54 Å². The minimum atomic E-state index is -1.07. The van der Waals surface area contributed by atoms with Gasteiger partial charge in [-0.15, -0.1) is 0 Å². The third-order valence-electron chi connectivity index (χ3n) is 2.60. The molecule has 116 valence electrons. The molecule has 2 N–H and O–H groups in total. The molecule has 0 bridgehead atoms. The normalized spacial score (nSPS) is 10.5. The maximum absolute atomic E-state index is 12.1. The van der Waals surface area contributed by atoms with E-state index in [4.69, 9.17) is 28.3 Å². The van der Waals surface area contributed by atoms with Crippen LogP contribution in [0.5, 0.6) is 0 Å². The van der Waals surface area contributed by atoms with Crippen molar-refractivity contribution in [2.24, 2.45) is 0 Å². The quantitative estimate of drug-likeness (QED) is 0.838. The topological polar surface area (TPSA) is 72.9 Å². The number of likely N-dealkylation sites (N-methyl/N-ethyl adjacent to an activating group) is 1. The Kier molecular flexibility index (Phi) is 6.74. The highest BCUT2D eigenvalue weighted by atomic mass is 35.5. The molecule has 1 aromatic carbocycles. The van der Waals surface area contributed by atoms with Gasteiger partial charge >= 0.3 is 12.0 Å². The lowest BCUT2D eigenvalue weighted by Crippen LogP contribution is -2.42. The van der Waals surface area contributed by atoms with Gasteiger partial charge in [0.2, 0.25) is 0 Å². The maximum Gasteiger partial charge on any atom is 0.323 e. The van der Waals surface area contributed by atoms with Crippen LogP contribution in [0, 0.1) is 0 Å². The third-order valence-corrected chi connectivity index (χ3v) is 3.34. The van der Waals surface area contributed by atoms with Crippen LogP contribution in [0.3, 0.4) is 0 Å². The summed E-state index contributed by atoms with van der Waals surface area (Å²) in [5.74, 6) is -1.07. The molecule has 0 heterocycles. The summed E-state index contributed by atoms with van der Waals surface area (Å²) in [7, 11) is 3.69. The summed E-state index contributed by atoms with van der Waals surface area (Å²) < 4.78 is 0. The predicted octanol–water partition coefficient (Wildman–Crippen LogP) is 2.47. The van der Waals surface area contributed by atoms with E-state index in [1.165, 1.54) is 11.0 Å². The number of benzene rings is 1. The molecule has 6 nitrogen and oxygen atoms in total. The van der Waals surface area contributed by atoms with Gasteiger partial charge in [0.15, 0.2) is 0 Å². The van der Waals surface area contributed by atoms with E-state index in [9.17, 15) is 9.59 Å². The number of amides is 2. The molecule has 0 aliphatic carbocycles. The molecule has 8 heteroatoms. The number of nitrogens with zero attached hydrogens (tertiary/aromatic N) is 2. The maximum atomic E-state index is 12.1. The number of carbonyl (C=O) groups excluding carboxylic acids is 1. The van der Waals surface area contributed by atoms with E-state index in [0.29, 0.717) is 28.8 Å². The number of carboxylic acid groups (broad SMARTS) is 1. The number of rotatable bonds is 6. The van der Waals surface area contributed by atoms with E-state index >= 15 is 0 Å². The molecule has 1 rings (SSSR count). The van der Waals surface area contributed by atoms with Crippen molar-refractivity contribution in [1.29, 1.82) is 0 Å². The number of carbonyl (C=O) groups is 2. The highest BCUT2D eigenvalue weighted by Gasteiger charge is 2.17. The molecule has 0 fully saturated rings. The van der Waals surface area contributed by atoms with Crippen LogP contribution < -0.4 is 5.32 Å². The van der Waals surface area contributed by atoms with Crippen molar-refractivity contribution in [3.8, 4) is 0 Å². The lowest BCUT2D eigenvalue weighted by Gasteiger charge is -2.23. The van der Waals surface area contributed by atoms with Gasteiger partial charge in [0, 0.05) is 18.8 Å². The van der Waals surface area contributed by atoms with Crippen LogP contribution in [0.15, 0.2) is 18.2 Å². The molecular weight excluding hydrogens is 317 g/mol. The molecule has 0 saturated carbocycles. The largest absolute Gasteiger partial charge is 0.480 e. The van der Waals surface area contributed by atoms with Crippen LogP contribution in [0.25, 0.3) is 0 Å². The SMILES string of the molecule is CN(C)CCN(CC(=O)O)C(=O)Nc1ccc(Cl)c(Cl)c1. The Bertz CT molecular complexity index is 523. The summed E-state index contributed by atoms with van der Waals surface area (Å²) in [6, 6.07) is 4.16. The molecule has 0 aromatic heterocycles. The average Bonchev–Trinajstić information content (AvgIpc) is 2.38. The smallest absolute Gasteiger partial charge is 0.323 e. The van der Waals surface area contributed by atoms with Crippen LogP contribution in [0.4, 0.5) is 10.5 Å².